The summed E-state index contributed by atoms with van der Waals surface area (Å²) >= 11 is 0. The molecule has 3 rings (SSSR count). The monoisotopic (exact) mass is 331 g/mol. The smallest absolute Gasteiger partial charge is 0.407 e. The molecule has 5 atom stereocenters. The zero-order chi connectivity index (χ0) is 17.1. The Morgan fingerprint density at radius 2 is 2.08 bits per heavy atom. The molecular weight excluding hydrogens is 302 g/mol. The Labute approximate surface area is 144 Å². The summed E-state index contributed by atoms with van der Waals surface area (Å²) in [6.45, 7) is 4.09. The molecule has 4 heteroatoms. The Morgan fingerprint density at radius 1 is 1.29 bits per heavy atom. The second kappa shape index (κ2) is 7.56. The maximum atomic E-state index is 12.4. The first kappa shape index (κ1) is 17.3. The van der Waals surface area contributed by atoms with Crippen LogP contribution in [0.4, 0.5) is 4.79 Å². The zero-order valence-corrected chi connectivity index (χ0v) is 15.0. The fourth-order valence-electron chi connectivity index (χ4n) is 4.49. The van der Waals surface area contributed by atoms with Gasteiger partial charge in [-0.15, -0.1) is 0 Å². The summed E-state index contributed by atoms with van der Waals surface area (Å²) in [6.07, 6.45) is 4.86. The van der Waals surface area contributed by atoms with Gasteiger partial charge in [-0.2, -0.15) is 0 Å². The van der Waals surface area contributed by atoms with Gasteiger partial charge in [0.15, 0.2) is 0 Å². The van der Waals surface area contributed by atoms with Crippen LogP contribution in [-0.4, -0.2) is 25.3 Å². The molecule has 1 aromatic rings. The second-order valence-corrected chi connectivity index (χ2v) is 7.29. The Kier molecular flexibility index (Phi) is 5.44. The number of aryl methyl sites for hydroxylation is 1. The number of alkyl carbamates (subject to hydrolysis) is 1. The lowest BCUT2D eigenvalue weighted by atomic mass is 9.95. The van der Waals surface area contributed by atoms with Crippen LogP contribution in [0.3, 0.4) is 0 Å². The van der Waals surface area contributed by atoms with Crippen LogP contribution in [0, 0.1) is 18.8 Å². The highest BCUT2D eigenvalue weighted by molar-refractivity contribution is 5.68. The van der Waals surface area contributed by atoms with Gasteiger partial charge in [0.2, 0.25) is 0 Å². The maximum Gasteiger partial charge on any atom is 0.407 e. The van der Waals surface area contributed by atoms with Gasteiger partial charge in [-0.25, -0.2) is 4.79 Å². The molecule has 0 heterocycles. The van der Waals surface area contributed by atoms with Crippen molar-refractivity contribution in [3.05, 3.63) is 35.4 Å². The molecule has 1 amide bonds. The lowest BCUT2D eigenvalue weighted by molar-refractivity contribution is -0.0268. The first-order valence-electron chi connectivity index (χ1n) is 9.17. The summed E-state index contributed by atoms with van der Waals surface area (Å²) in [6, 6.07) is 8.41. The van der Waals surface area contributed by atoms with E-state index in [9.17, 15) is 4.79 Å². The summed E-state index contributed by atoms with van der Waals surface area (Å²) in [4.78, 5) is 12.4. The molecule has 1 N–H and O–H groups in total. The van der Waals surface area contributed by atoms with Crippen molar-refractivity contribution in [2.24, 2.45) is 11.8 Å². The predicted molar refractivity (Wildman–Crippen MR) is 93.9 cm³/mol. The second-order valence-electron chi connectivity index (χ2n) is 7.29. The number of ether oxygens (including phenoxy) is 2. The van der Waals surface area contributed by atoms with Gasteiger partial charge in [0.1, 0.15) is 12.2 Å². The van der Waals surface area contributed by atoms with Crippen LogP contribution in [0.15, 0.2) is 24.3 Å². The molecule has 0 radical (unpaired) electrons. The number of fused-ring (bicyclic) bond motifs is 2. The number of rotatable bonds is 6. The largest absolute Gasteiger partial charge is 0.443 e. The van der Waals surface area contributed by atoms with Gasteiger partial charge >= 0.3 is 6.09 Å². The van der Waals surface area contributed by atoms with E-state index in [1.165, 1.54) is 19.3 Å². The third-order valence-electron chi connectivity index (χ3n) is 5.79. The molecule has 0 saturated heterocycles. The number of hydrogen-bond acceptors (Lipinski definition) is 3. The van der Waals surface area contributed by atoms with E-state index < -0.39 is 0 Å². The van der Waals surface area contributed by atoms with Crippen LogP contribution in [0.25, 0.3) is 0 Å². The molecule has 4 nitrogen and oxygen atoms in total. The average molecular weight is 331 g/mol. The highest BCUT2D eigenvalue weighted by Crippen LogP contribution is 2.44. The quantitative estimate of drug-likeness (QED) is 0.841. The van der Waals surface area contributed by atoms with E-state index in [4.69, 9.17) is 9.47 Å². The van der Waals surface area contributed by atoms with E-state index in [0.717, 1.165) is 29.9 Å². The summed E-state index contributed by atoms with van der Waals surface area (Å²) < 4.78 is 11.4. The third kappa shape index (κ3) is 3.59. The number of nitrogens with one attached hydrogen (secondary N) is 1. The predicted octanol–water partition coefficient (Wildman–Crippen LogP) is 4.38. The molecule has 0 aliphatic heterocycles. The molecule has 2 aliphatic rings. The van der Waals surface area contributed by atoms with Crippen LogP contribution >= 0.6 is 0 Å². The van der Waals surface area contributed by atoms with Crippen molar-refractivity contribution in [1.29, 1.82) is 0 Å². The Bertz CT molecular complexity index is 574. The van der Waals surface area contributed by atoms with E-state index in [2.05, 4.69) is 18.3 Å². The van der Waals surface area contributed by atoms with Crippen molar-refractivity contribution in [2.45, 2.75) is 64.2 Å². The van der Waals surface area contributed by atoms with E-state index in [-0.39, 0.29) is 18.3 Å². The van der Waals surface area contributed by atoms with Gasteiger partial charge in [0, 0.05) is 13.2 Å². The van der Waals surface area contributed by atoms with Crippen LogP contribution < -0.4 is 5.32 Å². The fourth-order valence-corrected chi connectivity index (χ4v) is 4.49. The van der Waals surface area contributed by atoms with Gasteiger partial charge in [-0.1, -0.05) is 37.6 Å². The first-order chi connectivity index (χ1) is 11.6. The van der Waals surface area contributed by atoms with E-state index in [0.29, 0.717) is 12.0 Å². The molecule has 132 valence electrons. The number of benzene rings is 1. The minimum absolute atomic E-state index is 0.234. The molecule has 0 spiro atoms. The lowest BCUT2D eigenvalue weighted by Crippen LogP contribution is -2.41. The lowest BCUT2D eigenvalue weighted by Gasteiger charge is -2.28. The normalized spacial score (nSPS) is 27.7. The van der Waals surface area contributed by atoms with Crippen molar-refractivity contribution in [1.82, 2.24) is 5.32 Å². The van der Waals surface area contributed by atoms with Crippen molar-refractivity contribution in [2.75, 3.05) is 7.11 Å². The van der Waals surface area contributed by atoms with Crippen LogP contribution in [0.1, 0.15) is 56.3 Å². The number of hydrogen-bond donors (Lipinski definition) is 1. The Balaban J connectivity index is 1.62. The van der Waals surface area contributed by atoms with Crippen LogP contribution in [0.2, 0.25) is 0 Å². The molecule has 1 aromatic carbocycles. The molecule has 2 fully saturated rings. The number of methoxy groups -OCH3 is 1. The van der Waals surface area contributed by atoms with Gasteiger partial charge in [-0.05, 0) is 55.6 Å². The van der Waals surface area contributed by atoms with Crippen LogP contribution in [-0.2, 0) is 9.47 Å². The highest BCUT2D eigenvalue weighted by atomic mass is 16.6. The number of carbonyl (C=O) groups excluding carboxylic acids is 1. The Morgan fingerprint density at radius 3 is 2.67 bits per heavy atom. The third-order valence-corrected chi connectivity index (χ3v) is 5.79. The molecule has 2 aliphatic carbocycles. The van der Waals surface area contributed by atoms with Gasteiger partial charge in [0.25, 0.3) is 0 Å². The SMILES string of the molecule is CCC(OC(=O)NC1CC2CCC1C2)C(OC)c1ccccc1C. The topological polar surface area (TPSA) is 47.6 Å². The van der Waals surface area contributed by atoms with Crippen molar-refractivity contribution in [3.8, 4) is 0 Å². The van der Waals surface area contributed by atoms with Gasteiger partial charge < -0.3 is 14.8 Å². The number of amides is 1. The molecule has 5 unspecified atom stereocenters. The molecule has 2 saturated carbocycles. The molecule has 24 heavy (non-hydrogen) atoms. The van der Waals surface area contributed by atoms with Crippen molar-refractivity contribution >= 4 is 6.09 Å². The van der Waals surface area contributed by atoms with E-state index in [1.54, 1.807) is 7.11 Å². The minimum Gasteiger partial charge on any atom is -0.443 e. The molecule has 2 bridgehead atoms. The minimum atomic E-state index is -0.296. The van der Waals surface area contributed by atoms with Gasteiger partial charge in [-0.3, -0.25) is 0 Å². The zero-order valence-electron chi connectivity index (χ0n) is 15.0. The van der Waals surface area contributed by atoms with Crippen molar-refractivity contribution < 1.29 is 14.3 Å². The van der Waals surface area contributed by atoms with E-state index in [1.807, 2.05) is 25.1 Å². The standard InChI is InChI=1S/C20H29NO3/c1-4-18(19(23-3)16-8-6-5-7-13(16)2)24-20(22)21-17-12-14-9-10-15(17)11-14/h5-8,14-15,17-19H,4,9-12H2,1-3H3,(H,21,22). The first-order valence-corrected chi connectivity index (χ1v) is 9.17. The summed E-state index contributed by atoms with van der Waals surface area (Å²) in [7, 11) is 1.68. The number of carbonyl (C=O) groups is 1. The fraction of sp³-hybridized carbons (Fsp3) is 0.650. The summed E-state index contributed by atoms with van der Waals surface area (Å²) in [5.41, 5.74) is 2.24. The molecular formula is C20H29NO3. The summed E-state index contributed by atoms with van der Waals surface area (Å²) in [5.74, 6) is 1.46. The Hall–Kier alpha value is -1.55. The van der Waals surface area contributed by atoms with Crippen molar-refractivity contribution in [3.63, 3.8) is 0 Å². The molecule has 0 aromatic heterocycles. The summed E-state index contributed by atoms with van der Waals surface area (Å²) in [5, 5.41) is 3.10. The van der Waals surface area contributed by atoms with Crippen LogP contribution in [0.5, 0.6) is 0 Å². The average Bonchev–Trinajstić information content (AvgIpc) is 3.19. The highest BCUT2D eigenvalue weighted by Gasteiger charge is 2.40. The van der Waals surface area contributed by atoms with Gasteiger partial charge in [0.05, 0.1) is 0 Å². The van der Waals surface area contributed by atoms with E-state index >= 15 is 0 Å². The maximum absolute atomic E-state index is 12.4.